The number of nitrogens with zero attached hydrogens (tertiary/aromatic N) is 2. The average molecular weight is 384 g/mol. The third-order valence-corrected chi connectivity index (χ3v) is 5.19. The fourth-order valence-electron chi connectivity index (χ4n) is 3.57. The number of benzene rings is 2. The Morgan fingerprint density at radius 3 is 2.00 bits per heavy atom. The van der Waals surface area contributed by atoms with Crippen LogP contribution in [0.15, 0.2) is 42.5 Å². The van der Waals surface area contributed by atoms with Crippen molar-refractivity contribution >= 4 is 11.6 Å². The Balaban J connectivity index is 1.54. The summed E-state index contributed by atoms with van der Waals surface area (Å²) in [7, 11) is 4.94. The fourth-order valence-corrected chi connectivity index (χ4v) is 3.57. The maximum atomic E-state index is 12.7. The van der Waals surface area contributed by atoms with E-state index in [0.29, 0.717) is 12.8 Å². The van der Waals surface area contributed by atoms with Crippen LogP contribution in [0.25, 0.3) is 0 Å². The molecule has 0 saturated carbocycles. The third kappa shape index (κ3) is 4.50. The predicted molar refractivity (Wildman–Crippen MR) is 110 cm³/mol. The molecule has 1 fully saturated rings. The van der Waals surface area contributed by atoms with Crippen LogP contribution in [0.1, 0.15) is 12.0 Å². The minimum absolute atomic E-state index is 0.169. The van der Waals surface area contributed by atoms with Gasteiger partial charge in [0.15, 0.2) is 0 Å². The van der Waals surface area contributed by atoms with Crippen LogP contribution < -0.4 is 19.1 Å². The van der Waals surface area contributed by atoms with Crippen molar-refractivity contribution in [2.75, 3.05) is 52.4 Å². The summed E-state index contributed by atoms with van der Waals surface area (Å²) >= 11 is 0. The van der Waals surface area contributed by atoms with Gasteiger partial charge in [-0.15, -0.1) is 0 Å². The van der Waals surface area contributed by atoms with Gasteiger partial charge in [-0.1, -0.05) is 6.07 Å². The number of piperazine rings is 1. The molecule has 0 radical (unpaired) electrons. The van der Waals surface area contributed by atoms with Crippen molar-refractivity contribution < 1.29 is 19.0 Å². The molecule has 0 atom stereocenters. The second-order valence-corrected chi connectivity index (χ2v) is 6.71. The van der Waals surface area contributed by atoms with Gasteiger partial charge in [0.25, 0.3) is 0 Å². The molecule has 0 aliphatic carbocycles. The smallest absolute Gasteiger partial charge is 0.223 e. The van der Waals surface area contributed by atoms with Gasteiger partial charge in [0.1, 0.15) is 17.2 Å². The molecule has 0 aromatic heterocycles. The highest BCUT2D eigenvalue weighted by Crippen LogP contribution is 2.29. The molecule has 28 heavy (non-hydrogen) atoms. The molecule has 6 heteroatoms. The van der Waals surface area contributed by atoms with Gasteiger partial charge in [-0.25, -0.2) is 0 Å². The second-order valence-electron chi connectivity index (χ2n) is 6.71. The number of anilines is 1. The van der Waals surface area contributed by atoms with Crippen molar-refractivity contribution in [2.24, 2.45) is 0 Å². The maximum Gasteiger partial charge on any atom is 0.223 e. The number of hydrogen-bond donors (Lipinski definition) is 0. The molecule has 1 aliphatic heterocycles. The topological polar surface area (TPSA) is 51.2 Å². The second kappa shape index (κ2) is 9.35. The number of carbonyl (C=O) groups excluding carboxylic acids is 1. The van der Waals surface area contributed by atoms with Crippen molar-refractivity contribution in [3.05, 3.63) is 48.0 Å². The molecule has 3 rings (SSSR count). The van der Waals surface area contributed by atoms with Crippen molar-refractivity contribution in [1.29, 1.82) is 0 Å². The van der Waals surface area contributed by atoms with Gasteiger partial charge in [-0.3, -0.25) is 4.79 Å². The Labute approximate surface area is 166 Å². The van der Waals surface area contributed by atoms with E-state index in [9.17, 15) is 4.79 Å². The summed E-state index contributed by atoms with van der Waals surface area (Å²) in [6.45, 7) is 3.12. The summed E-state index contributed by atoms with van der Waals surface area (Å²) in [5.74, 6) is 2.54. The van der Waals surface area contributed by atoms with E-state index >= 15 is 0 Å². The van der Waals surface area contributed by atoms with Gasteiger partial charge in [0.2, 0.25) is 5.91 Å². The Morgan fingerprint density at radius 2 is 1.46 bits per heavy atom. The van der Waals surface area contributed by atoms with Crippen LogP contribution in [0, 0.1) is 0 Å². The van der Waals surface area contributed by atoms with E-state index in [4.69, 9.17) is 14.2 Å². The minimum Gasteiger partial charge on any atom is -0.497 e. The number of hydrogen-bond acceptors (Lipinski definition) is 5. The van der Waals surface area contributed by atoms with Crippen molar-refractivity contribution in [3.8, 4) is 17.2 Å². The molecule has 0 N–H and O–H groups in total. The quantitative estimate of drug-likeness (QED) is 0.735. The summed E-state index contributed by atoms with van der Waals surface area (Å²) in [5.41, 5.74) is 2.10. The zero-order valence-corrected chi connectivity index (χ0v) is 16.8. The van der Waals surface area contributed by atoms with E-state index < -0.39 is 0 Å². The molecule has 1 aliphatic rings. The SMILES string of the molecule is COc1ccc(N2CCN(C(=O)CCc3c(OC)cccc3OC)CC2)cc1. The fraction of sp³-hybridized carbons (Fsp3) is 0.409. The summed E-state index contributed by atoms with van der Waals surface area (Å²) in [4.78, 5) is 17.0. The highest BCUT2D eigenvalue weighted by Gasteiger charge is 2.22. The Bertz CT molecular complexity index is 761. The molecule has 0 bridgehead atoms. The lowest BCUT2D eigenvalue weighted by molar-refractivity contribution is -0.131. The van der Waals surface area contributed by atoms with Crippen LogP contribution in [0.5, 0.6) is 17.2 Å². The van der Waals surface area contributed by atoms with Gasteiger partial charge in [0.05, 0.1) is 21.3 Å². The van der Waals surface area contributed by atoms with Gasteiger partial charge >= 0.3 is 0 Å². The zero-order chi connectivity index (χ0) is 19.9. The van der Waals surface area contributed by atoms with Gasteiger partial charge in [-0.2, -0.15) is 0 Å². The standard InChI is InChI=1S/C22H28N2O4/c1-26-18-9-7-17(8-10-18)23-13-15-24(16-14-23)22(25)12-11-19-20(27-2)5-4-6-21(19)28-3/h4-10H,11-16H2,1-3H3. The molecule has 1 saturated heterocycles. The van der Waals surface area contributed by atoms with Gasteiger partial charge < -0.3 is 24.0 Å². The molecule has 1 heterocycles. The highest BCUT2D eigenvalue weighted by atomic mass is 16.5. The largest absolute Gasteiger partial charge is 0.497 e. The number of methoxy groups -OCH3 is 3. The first-order chi connectivity index (χ1) is 13.7. The van der Waals surface area contributed by atoms with E-state index in [1.807, 2.05) is 35.2 Å². The van der Waals surface area contributed by atoms with Crippen LogP contribution in [0.3, 0.4) is 0 Å². The maximum absolute atomic E-state index is 12.7. The normalized spacial score (nSPS) is 14.0. The minimum atomic E-state index is 0.169. The lowest BCUT2D eigenvalue weighted by Gasteiger charge is -2.36. The molecule has 1 amide bonds. The van der Waals surface area contributed by atoms with E-state index in [0.717, 1.165) is 54.7 Å². The Kier molecular flexibility index (Phi) is 6.63. The van der Waals surface area contributed by atoms with E-state index in [1.54, 1.807) is 21.3 Å². The lowest BCUT2D eigenvalue weighted by Crippen LogP contribution is -2.48. The van der Waals surface area contributed by atoms with Crippen LogP contribution in [-0.2, 0) is 11.2 Å². The van der Waals surface area contributed by atoms with E-state index in [1.165, 1.54) is 0 Å². The molecule has 0 spiro atoms. The van der Waals surface area contributed by atoms with Gasteiger partial charge in [0, 0.05) is 43.9 Å². The molecular formula is C22H28N2O4. The lowest BCUT2D eigenvalue weighted by atomic mass is 10.1. The first kappa shape index (κ1) is 19.9. The van der Waals surface area contributed by atoms with E-state index in [-0.39, 0.29) is 5.91 Å². The molecule has 0 unspecified atom stereocenters. The van der Waals surface area contributed by atoms with Crippen LogP contribution in [0.2, 0.25) is 0 Å². The first-order valence-corrected chi connectivity index (χ1v) is 9.53. The molecule has 2 aromatic carbocycles. The van der Waals surface area contributed by atoms with Crippen molar-refractivity contribution in [1.82, 2.24) is 4.90 Å². The predicted octanol–water partition coefficient (Wildman–Crippen LogP) is 2.99. The van der Waals surface area contributed by atoms with E-state index in [2.05, 4.69) is 17.0 Å². The highest BCUT2D eigenvalue weighted by molar-refractivity contribution is 5.77. The summed E-state index contributed by atoms with van der Waals surface area (Å²) in [5, 5.41) is 0. The summed E-state index contributed by atoms with van der Waals surface area (Å²) in [6.07, 6.45) is 1.05. The molecular weight excluding hydrogens is 356 g/mol. The number of carbonyl (C=O) groups is 1. The number of amides is 1. The Hall–Kier alpha value is -2.89. The third-order valence-electron chi connectivity index (χ3n) is 5.19. The molecule has 2 aromatic rings. The first-order valence-electron chi connectivity index (χ1n) is 9.53. The van der Waals surface area contributed by atoms with Crippen LogP contribution in [-0.4, -0.2) is 58.3 Å². The summed E-state index contributed by atoms with van der Waals surface area (Å²) < 4.78 is 16.1. The van der Waals surface area contributed by atoms with Crippen molar-refractivity contribution in [3.63, 3.8) is 0 Å². The number of rotatable bonds is 7. The number of ether oxygens (including phenoxy) is 3. The molecule has 6 nitrogen and oxygen atoms in total. The van der Waals surface area contributed by atoms with Crippen LogP contribution in [0.4, 0.5) is 5.69 Å². The monoisotopic (exact) mass is 384 g/mol. The van der Waals surface area contributed by atoms with Crippen molar-refractivity contribution in [2.45, 2.75) is 12.8 Å². The van der Waals surface area contributed by atoms with Gasteiger partial charge in [-0.05, 0) is 42.8 Å². The van der Waals surface area contributed by atoms with Crippen LogP contribution >= 0.6 is 0 Å². The Morgan fingerprint density at radius 1 is 0.857 bits per heavy atom. The average Bonchev–Trinajstić information content (AvgIpc) is 2.77. The zero-order valence-electron chi connectivity index (χ0n) is 16.8. The summed E-state index contributed by atoms with van der Waals surface area (Å²) in [6, 6.07) is 13.7. The molecule has 150 valence electrons.